The van der Waals surface area contributed by atoms with Crippen LogP contribution in [0.15, 0.2) is 24.3 Å². The number of allylic oxidation sites excluding steroid dienone is 1. The Bertz CT molecular complexity index is 823. The molecule has 0 unspecified atom stereocenters. The lowest BCUT2D eigenvalue weighted by Crippen LogP contribution is -2.39. The highest BCUT2D eigenvalue weighted by Gasteiger charge is 2.42. The summed E-state index contributed by atoms with van der Waals surface area (Å²) in [6.07, 6.45) is 9.02. The molecular formula is C18H26N6O3. The van der Waals surface area contributed by atoms with Crippen LogP contribution in [0.2, 0.25) is 0 Å². The second-order valence-corrected chi connectivity index (χ2v) is 7.15. The van der Waals surface area contributed by atoms with Crippen molar-refractivity contribution in [1.29, 1.82) is 0 Å². The number of anilines is 1. The topological polar surface area (TPSA) is 131 Å². The monoisotopic (exact) mass is 374 g/mol. The number of aliphatic hydroxyl groups is 2. The van der Waals surface area contributed by atoms with Crippen LogP contribution in [-0.2, 0) is 4.74 Å². The van der Waals surface area contributed by atoms with E-state index in [0.29, 0.717) is 17.0 Å². The summed E-state index contributed by atoms with van der Waals surface area (Å²) in [5.74, 6) is 0.668. The van der Waals surface area contributed by atoms with Crippen LogP contribution in [0.1, 0.15) is 38.3 Å². The fourth-order valence-electron chi connectivity index (χ4n) is 3.81. The van der Waals surface area contributed by atoms with Gasteiger partial charge in [-0.1, -0.05) is 11.6 Å². The highest BCUT2D eigenvalue weighted by molar-refractivity contribution is 5.82. The molecule has 0 saturated carbocycles. The van der Waals surface area contributed by atoms with Gasteiger partial charge in [-0.25, -0.2) is 15.0 Å². The summed E-state index contributed by atoms with van der Waals surface area (Å²) in [7, 11) is 0. The average molecular weight is 374 g/mol. The number of aromatic nitrogens is 4. The second kappa shape index (κ2) is 7.89. The first-order valence-electron chi connectivity index (χ1n) is 9.48. The van der Waals surface area contributed by atoms with Gasteiger partial charge in [0.2, 0.25) is 0 Å². The van der Waals surface area contributed by atoms with Gasteiger partial charge in [0.15, 0.2) is 23.2 Å². The first-order chi connectivity index (χ1) is 13.2. The molecule has 4 rings (SSSR count). The molecule has 1 saturated heterocycles. The Morgan fingerprint density at radius 2 is 2.19 bits per heavy atom. The second-order valence-electron chi connectivity index (χ2n) is 7.15. The third-order valence-electron chi connectivity index (χ3n) is 5.36. The maximum absolute atomic E-state index is 10.1. The molecule has 5 N–H and O–H groups in total. The van der Waals surface area contributed by atoms with E-state index in [1.807, 2.05) is 0 Å². The van der Waals surface area contributed by atoms with Crippen molar-refractivity contribution in [2.45, 2.75) is 56.6 Å². The SMILES string of the molecule is N[C@@H]1[C@H](O)[C@@H](CO)O[C@H]1n1cnc2c(NCCC3=CCCCC3)ncnc21. The molecule has 2 aromatic heterocycles. The minimum atomic E-state index is -0.944. The zero-order valence-corrected chi connectivity index (χ0v) is 15.2. The van der Waals surface area contributed by atoms with E-state index in [1.54, 1.807) is 10.9 Å². The fourth-order valence-corrected chi connectivity index (χ4v) is 3.81. The molecule has 1 aliphatic heterocycles. The van der Waals surface area contributed by atoms with Crippen molar-refractivity contribution in [2.24, 2.45) is 5.73 Å². The van der Waals surface area contributed by atoms with E-state index in [0.717, 1.165) is 13.0 Å². The first kappa shape index (κ1) is 18.3. The molecule has 4 atom stereocenters. The summed E-state index contributed by atoms with van der Waals surface area (Å²) < 4.78 is 7.39. The predicted octanol–water partition coefficient (Wildman–Crippen LogP) is 0.707. The van der Waals surface area contributed by atoms with Crippen LogP contribution < -0.4 is 11.1 Å². The molecule has 1 fully saturated rings. The predicted molar refractivity (Wildman–Crippen MR) is 100.0 cm³/mol. The van der Waals surface area contributed by atoms with Crippen LogP contribution in [0.5, 0.6) is 0 Å². The van der Waals surface area contributed by atoms with Gasteiger partial charge in [0.1, 0.15) is 18.5 Å². The van der Waals surface area contributed by atoms with Crippen molar-refractivity contribution in [3.05, 3.63) is 24.3 Å². The number of ether oxygens (including phenoxy) is 1. The number of fused-ring (bicyclic) bond motifs is 1. The van der Waals surface area contributed by atoms with E-state index in [-0.39, 0.29) is 6.61 Å². The van der Waals surface area contributed by atoms with Crippen LogP contribution in [0.4, 0.5) is 5.82 Å². The molecule has 9 heteroatoms. The summed E-state index contributed by atoms with van der Waals surface area (Å²) in [5.41, 5.74) is 8.78. The minimum Gasteiger partial charge on any atom is -0.394 e. The third-order valence-corrected chi connectivity index (χ3v) is 5.36. The van der Waals surface area contributed by atoms with Crippen molar-refractivity contribution >= 4 is 17.0 Å². The van der Waals surface area contributed by atoms with E-state index >= 15 is 0 Å². The quantitative estimate of drug-likeness (QED) is 0.544. The number of nitrogens with zero attached hydrogens (tertiary/aromatic N) is 4. The summed E-state index contributed by atoms with van der Waals surface area (Å²) >= 11 is 0. The maximum Gasteiger partial charge on any atom is 0.167 e. The van der Waals surface area contributed by atoms with Gasteiger partial charge in [0.05, 0.1) is 19.0 Å². The van der Waals surface area contributed by atoms with Gasteiger partial charge in [-0.2, -0.15) is 0 Å². The Balaban J connectivity index is 1.51. The maximum atomic E-state index is 10.1. The molecule has 3 heterocycles. The molecule has 0 spiro atoms. The van der Waals surface area contributed by atoms with Gasteiger partial charge in [-0.05, 0) is 32.1 Å². The lowest BCUT2D eigenvalue weighted by molar-refractivity contribution is -0.0437. The Hall–Kier alpha value is -2.07. The van der Waals surface area contributed by atoms with Crippen LogP contribution >= 0.6 is 0 Å². The van der Waals surface area contributed by atoms with Crippen LogP contribution in [0, 0.1) is 0 Å². The van der Waals surface area contributed by atoms with Gasteiger partial charge < -0.3 is 26.0 Å². The Labute approximate surface area is 157 Å². The number of imidazole rings is 1. The van der Waals surface area contributed by atoms with E-state index in [4.69, 9.17) is 10.5 Å². The van der Waals surface area contributed by atoms with Gasteiger partial charge in [0, 0.05) is 6.54 Å². The highest BCUT2D eigenvalue weighted by Crippen LogP contribution is 2.31. The van der Waals surface area contributed by atoms with Crippen molar-refractivity contribution in [2.75, 3.05) is 18.5 Å². The van der Waals surface area contributed by atoms with E-state index < -0.39 is 24.5 Å². The molecule has 27 heavy (non-hydrogen) atoms. The zero-order valence-electron chi connectivity index (χ0n) is 15.2. The molecule has 2 aromatic rings. The van der Waals surface area contributed by atoms with Crippen molar-refractivity contribution in [3.8, 4) is 0 Å². The number of nitrogens with two attached hydrogens (primary N) is 1. The Morgan fingerprint density at radius 1 is 1.30 bits per heavy atom. The summed E-state index contributed by atoms with van der Waals surface area (Å²) in [6, 6.07) is -0.677. The van der Waals surface area contributed by atoms with Crippen molar-refractivity contribution in [3.63, 3.8) is 0 Å². The summed E-state index contributed by atoms with van der Waals surface area (Å²) in [6.45, 7) is 0.491. The van der Waals surface area contributed by atoms with Gasteiger partial charge in [-0.3, -0.25) is 4.57 Å². The van der Waals surface area contributed by atoms with Crippen molar-refractivity contribution < 1.29 is 14.9 Å². The number of hydrogen-bond donors (Lipinski definition) is 4. The van der Waals surface area contributed by atoms with E-state index in [2.05, 4.69) is 26.3 Å². The molecule has 2 aliphatic rings. The molecule has 0 bridgehead atoms. The molecule has 0 radical (unpaired) electrons. The smallest absolute Gasteiger partial charge is 0.167 e. The summed E-state index contributed by atoms with van der Waals surface area (Å²) in [5, 5.41) is 22.8. The summed E-state index contributed by atoms with van der Waals surface area (Å²) in [4.78, 5) is 13.0. The van der Waals surface area contributed by atoms with Crippen LogP contribution in [-0.4, -0.2) is 61.1 Å². The van der Waals surface area contributed by atoms with Gasteiger partial charge in [0.25, 0.3) is 0 Å². The van der Waals surface area contributed by atoms with Crippen LogP contribution in [0.3, 0.4) is 0 Å². The van der Waals surface area contributed by atoms with Gasteiger partial charge in [-0.15, -0.1) is 0 Å². The minimum absolute atomic E-state index is 0.296. The average Bonchev–Trinajstić information content (AvgIpc) is 3.25. The first-order valence-corrected chi connectivity index (χ1v) is 9.48. The van der Waals surface area contributed by atoms with Gasteiger partial charge >= 0.3 is 0 Å². The fraction of sp³-hybridized carbons (Fsp3) is 0.611. The Morgan fingerprint density at radius 3 is 2.93 bits per heavy atom. The van der Waals surface area contributed by atoms with E-state index in [1.165, 1.54) is 37.6 Å². The standard InChI is InChI=1S/C18H26N6O3/c19-13-15(26)12(8-25)27-18(13)24-10-23-14-16(21-9-22-17(14)24)20-7-6-11-4-2-1-3-5-11/h4,9-10,12-13,15,18,25-26H,1-3,5-8,19H2,(H,20,21,22)/t12-,13-,15-,18-/m1/s1. The third kappa shape index (κ3) is 3.55. The van der Waals surface area contributed by atoms with E-state index in [9.17, 15) is 10.2 Å². The lowest BCUT2D eigenvalue weighted by atomic mass is 9.97. The highest BCUT2D eigenvalue weighted by atomic mass is 16.5. The molecule has 1 aliphatic carbocycles. The Kier molecular flexibility index (Phi) is 5.35. The van der Waals surface area contributed by atoms with Crippen LogP contribution in [0.25, 0.3) is 11.2 Å². The number of aliphatic hydroxyl groups excluding tert-OH is 2. The number of hydrogen-bond acceptors (Lipinski definition) is 8. The lowest BCUT2D eigenvalue weighted by Gasteiger charge is -2.17. The normalized spacial score (nSPS) is 28.5. The molecule has 0 aromatic carbocycles. The number of rotatable bonds is 6. The molecule has 0 amide bonds. The molecule has 9 nitrogen and oxygen atoms in total. The van der Waals surface area contributed by atoms with Crippen molar-refractivity contribution in [1.82, 2.24) is 19.5 Å². The molecular weight excluding hydrogens is 348 g/mol. The largest absolute Gasteiger partial charge is 0.394 e. The molecule has 146 valence electrons. The zero-order chi connectivity index (χ0) is 18.8. The number of nitrogens with one attached hydrogen (secondary N) is 1.